The molecule has 0 bridgehead atoms. The van der Waals surface area contributed by atoms with Crippen molar-refractivity contribution in [3.05, 3.63) is 98.9 Å². The summed E-state index contributed by atoms with van der Waals surface area (Å²) in [6, 6.07) is 17.8. The number of fused-ring (bicyclic) bond motifs is 2. The molecule has 1 aliphatic heterocycles. The maximum Gasteiger partial charge on any atom is 0.295 e. The number of carbonyl (C=O) groups excluding carboxylic acids is 1. The molecule has 0 aliphatic carbocycles. The Hall–Kier alpha value is -4.06. The molecule has 1 aliphatic rings. The van der Waals surface area contributed by atoms with Crippen molar-refractivity contribution in [2.45, 2.75) is 33.2 Å². The molecule has 6 nitrogen and oxygen atoms in total. The third kappa shape index (κ3) is 3.85. The van der Waals surface area contributed by atoms with Crippen molar-refractivity contribution in [1.82, 2.24) is 0 Å². The van der Waals surface area contributed by atoms with E-state index in [1.165, 1.54) is 0 Å². The van der Waals surface area contributed by atoms with Crippen LogP contribution in [0.15, 0.2) is 69.9 Å². The van der Waals surface area contributed by atoms with Crippen molar-refractivity contribution in [3.63, 3.8) is 0 Å². The smallest absolute Gasteiger partial charge is 0.295 e. The van der Waals surface area contributed by atoms with Gasteiger partial charge in [0.05, 0.1) is 30.7 Å². The molecule has 0 fully saturated rings. The third-order valence-corrected chi connectivity index (χ3v) is 6.48. The highest BCUT2D eigenvalue weighted by Gasteiger charge is 2.43. The fourth-order valence-corrected chi connectivity index (χ4v) is 4.55. The number of hydrogen-bond donors (Lipinski definition) is 0. The van der Waals surface area contributed by atoms with Crippen LogP contribution in [0.2, 0.25) is 0 Å². The summed E-state index contributed by atoms with van der Waals surface area (Å²) in [7, 11) is 1.59. The number of methoxy groups -OCH3 is 1. The number of ether oxygens (including phenoxy) is 2. The van der Waals surface area contributed by atoms with E-state index in [1.807, 2.05) is 69.3 Å². The van der Waals surface area contributed by atoms with Crippen molar-refractivity contribution in [3.8, 4) is 11.5 Å². The fourth-order valence-electron chi connectivity index (χ4n) is 4.55. The zero-order valence-corrected chi connectivity index (χ0v) is 20.3. The van der Waals surface area contributed by atoms with E-state index in [0.717, 1.165) is 23.1 Å². The number of aryl methyl sites for hydroxylation is 2. The van der Waals surface area contributed by atoms with Gasteiger partial charge in [0.15, 0.2) is 5.43 Å². The van der Waals surface area contributed by atoms with Crippen LogP contribution in [0.5, 0.6) is 11.5 Å². The first kappa shape index (κ1) is 22.7. The summed E-state index contributed by atoms with van der Waals surface area (Å²) >= 11 is 0. The van der Waals surface area contributed by atoms with Gasteiger partial charge in [-0.15, -0.1) is 0 Å². The number of rotatable bonds is 6. The van der Waals surface area contributed by atoms with Crippen molar-refractivity contribution < 1.29 is 18.7 Å². The maximum absolute atomic E-state index is 13.9. The highest BCUT2D eigenvalue weighted by atomic mass is 16.5. The van der Waals surface area contributed by atoms with Crippen molar-refractivity contribution in [2.24, 2.45) is 0 Å². The van der Waals surface area contributed by atoms with E-state index in [2.05, 4.69) is 0 Å². The molecule has 1 amide bonds. The summed E-state index contributed by atoms with van der Waals surface area (Å²) in [5.41, 5.74) is 3.97. The Labute approximate surface area is 203 Å². The molecule has 0 saturated heterocycles. The standard InChI is InChI=1S/C29H27NO5/c1-5-13-34-22-8-6-7-19(16-22)26-25-27(31)23-14-17(2)18(3)15-24(23)35-28(25)29(32)30(26)20-9-11-21(33-4)12-10-20/h6-12,14-16,26H,5,13H2,1-4H3/t26-/m1/s1. The second kappa shape index (κ2) is 8.95. The van der Waals surface area contributed by atoms with Gasteiger partial charge in [-0.05, 0) is 85.5 Å². The van der Waals surface area contributed by atoms with Crippen LogP contribution in [0.25, 0.3) is 11.0 Å². The summed E-state index contributed by atoms with van der Waals surface area (Å²) in [4.78, 5) is 29.2. The van der Waals surface area contributed by atoms with Gasteiger partial charge < -0.3 is 13.9 Å². The van der Waals surface area contributed by atoms with Crippen LogP contribution >= 0.6 is 0 Å². The van der Waals surface area contributed by atoms with Gasteiger partial charge >= 0.3 is 0 Å². The molecule has 4 aromatic rings. The first-order valence-electron chi connectivity index (χ1n) is 11.7. The van der Waals surface area contributed by atoms with Gasteiger partial charge in [-0.1, -0.05) is 19.1 Å². The van der Waals surface area contributed by atoms with Crippen LogP contribution in [0.1, 0.15) is 52.2 Å². The third-order valence-electron chi connectivity index (χ3n) is 6.48. The van der Waals surface area contributed by atoms with Crippen LogP contribution in [0.4, 0.5) is 5.69 Å². The lowest BCUT2D eigenvalue weighted by molar-refractivity contribution is 0.0971. The van der Waals surface area contributed by atoms with Gasteiger partial charge in [-0.3, -0.25) is 14.5 Å². The van der Waals surface area contributed by atoms with Gasteiger partial charge in [-0.25, -0.2) is 0 Å². The fraction of sp³-hybridized carbons (Fsp3) is 0.241. The molecular weight excluding hydrogens is 442 g/mol. The Bertz CT molecular complexity index is 1490. The topological polar surface area (TPSA) is 69.0 Å². The molecule has 3 aromatic carbocycles. The van der Waals surface area contributed by atoms with E-state index in [9.17, 15) is 9.59 Å². The summed E-state index contributed by atoms with van der Waals surface area (Å²) in [5.74, 6) is 1.09. The van der Waals surface area contributed by atoms with E-state index in [0.29, 0.717) is 40.3 Å². The molecule has 35 heavy (non-hydrogen) atoms. The summed E-state index contributed by atoms with van der Waals surface area (Å²) in [6.07, 6.45) is 0.876. The molecule has 1 atom stereocenters. The average Bonchev–Trinajstić information content (AvgIpc) is 3.16. The van der Waals surface area contributed by atoms with Crippen LogP contribution in [-0.2, 0) is 0 Å². The summed E-state index contributed by atoms with van der Waals surface area (Å²) < 4.78 is 17.3. The summed E-state index contributed by atoms with van der Waals surface area (Å²) in [5, 5.41) is 0.472. The highest BCUT2D eigenvalue weighted by Crippen LogP contribution is 2.42. The molecule has 5 rings (SSSR count). The van der Waals surface area contributed by atoms with Gasteiger partial charge in [0.1, 0.15) is 17.1 Å². The quantitative estimate of drug-likeness (QED) is 0.349. The van der Waals surface area contributed by atoms with Crippen molar-refractivity contribution >= 4 is 22.6 Å². The Morgan fingerprint density at radius 3 is 2.40 bits per heavy atom. The minimum absolute atomic E-state index is 0.0754. The lowest BCUT2D eigenvalue weighted by Crippen LogP contribution is -2.29. The number of hydrogen-bond acceptors (Lipinski definition) is 5. The monoisotopic (exact) mass is 469 g/mol. The van der Waals surface area contributed by atoms with Gasteiger partial charge in [-0.2, -0.15) is 0 Å². The normalized spacial score (nSPS) is 14.9. The van der Waals surface area contributed by atoms with E-state index in [-0.39, 0.29) is 17.1 Å². The molecular formula is C29H27NO5. The average molecular weight is 470 g/mol. The van der Waals surface area contributed by atoms with E-state index in [4.69, 9.17) is 13.9 Å². The highest BCUT2D eigenvalue weighted by molar-refractivity contribution is 6.10. The van der Waals surface area contributed by atoms with E-state index in [1.54, 1.807) is 24.1 Å². The second-order valence-electron chi connectivity index (χ2n) is 8.80. The molecule has 2 heterocycles. The van der Waals surface area contributed by atoms with Gasteiger partial charge in [0.2, 0.25) is 5.76 Å². The number of anilines is 1. The van der Waals surface area contributed by atoms with Gasteiger partial charge in [0.25, 0.3) is 5.91 Å². The zero-order valence-electron chi connectivity index (χ0n) is 20.3. The Morgan fingerprint density at radius 2 is 1.69 bits per heavy atom. The van der Waals surface area contributed by atoms with Crippen molar-refractivity contribution in [1.29, 1.82) is 0 Å². The Kier molecular flexibility index (Phi) is 5.81. The lowest BCUT2D eigenvalue weighted by atomic mass is 9.97. The molecule has 0 spiro atoms. The first-order valence-corrected chi connectivity index (χ1v) is 11.7. The van der Waals surface area contributed by atoms with Crippen LogP contribution < -0.4 is 19.8 Å². The van der Waals surface area contributed by atoms with E-state index < -0.39 is 6.04 Å². The predicted octanol–water partition coefficient (Wildman–Crippen LogP) is 5.96. The molecule has 1 aromatic heterocycles. The number of amides is 1. The largest absolute Gasteiger partial charge is 0.497 e. The lowest BCUT2D eigenvalue weighted by Gasteiger charge is -2.25. The molecule has 0 unspecified atom stereocenters. The molecule has 0 radical (unpaired) electrons. The number of carbonyl (C=O) groups is 1. The molecule has 0 saturated carbocycles. The minimum Gasteiger partial charge on any atom is -0.497 e. The Balaban J connectivity index is 1.75. The number of nitrogens with zero attached hydrogens (tertiary/aromatic N) is 1. The van der Waals surface area contributed by atoms with Crippen LogP contribution in [0, 0.1) is 13.8 Å². The predicted molar refractivity (Wildman–Crippen MR) is 136 cm³/mol. The molecule has 178 valence electrons. The van der Waals surface area contributed by atoms with Crippen molar-refractivity contribution in [2.75, 3.05) is 18.6 Å². The van der Waals surface area contributed by atoms with Crippen LogP contribution in [0.3, 0.4) is 0 Å². The zero-order chi connectivity index (χ0) is 24.7. The minimum atomic E-state index is -0.654. The van der Waals surface area contributed by atoms with E-state index >= 15 is 0 Å². The summed E-state index contributed by atoms with van der Waals surface area (Å²) in [6.45, 7) is 6.54. The number of benzene rings is 3. The SMILES string of the molecule is CCCOc1cccc([C@@H]2c3c(oc4cc(C)c(C)cc4c3=O)C(=O)N2c2ccc(OC)cc2)c1. The molecule has 0 N–H and O–H groups in total. The van der Waals surface area contributed by atoms with Gasteiger partial charge in [0, 0.05) is 5.69 Å². The Morgan fingerprint density at radius 1 is 0.943 bits per heavy atom. The second-order valence-corrected chi connectivity index (χ2v) is 8.80. The maximum atomic E-state index is 13.9. The first-order chi connectivity index (χ1) is 16.9. The van der Waals surface area contributed by atoms with Crippen LogP contribution in [-0.4, -0.2) is 19.6 Å². The molecule has 6 heteroatoms.